The van der Waals surface area contributed by atoms with Gasteiger partial charge >= 0.3 is 6.03 Å². The summed E-state index contributed by atoms with van der Waals surface area (Å²) in [7, 11) is -3.68. The predicted molar refractivity (Wildman–Crippen MR) is 108 cm³/mol. The Labute approximate surface area is 160 Å². The Morgan fingerprint density at radius 1 is 1.00 bits per heavy atom. The van der Waals surface area contributed by atoms with E-state index in [-0.39, 0.29) is 10.9 Å². The van der Waals surface area contributed by atoms with Crippen molar-refractivity contribution in [1.29, 1.82) is 0 Å². The van der Waals surface area contributed by atoms with Crippen LogP contribution in [0.4, 0.5) is 16.2 Å². The lowest BCUT2D eigenvalue weighted by Gasteiger charge is -2.26. The van der Waals surface area contributed by atoms with Crippen LogP contribution in [0.1, 0.15) is 31.7 Å². The molecule has 1 fully saturated rings. The quantitative estimate of drug-likeness (QED) is 0.812. The summed E-state index contributed by atoms with van der Waals surface area (Å²) in [5.41, 5.74) is 2.10. The molecular weight excluding hydrogens is 362 g/mol. The van der Waals surface area contributed by atoms with E-state index in [0.717, 1.165) is 44.3 Å². The summed E-state index contributed by atoms with van der Waals surface area (Å²) in [6.07, 6.45) is 3.94. The molecule has 1 aliphatic rings. The first-order valence-corrected chi connectivity index (χ1v) is 10.7. The molecule has 0 spiro atoms. The fourth-order valence-electron chi connectivity index (χ4n) is 3.15. The number of nitrogens with zero attached hydrogens (tertiary/aromatic N) is 1. The summed E-state index contributed by atoms with van der Waals surface area (Å²) < 4.78 is 27.9. The average molecular weight is 388 g/mol. The van der Waals surface area contributed by atoms with Crippen molar-refractivity contribution < 1.29 is 13.2 Å². The van der Waals surface area contributed by atoms with Crippen LogP contribution >= 0.6 is 0 Å². The number of carbonyl (C=O) groups excluding carboxylic acids is 1. The van der Waals surface area contributed by atoms with Gasteiger partial charge < -0.3 is 10.2 Å². The number of nitrogens with one attached hydrogen (secondary N) is 2. The molecule has 0 atom stereocenters. The lowest BCUT2D eigenvalue weighted by molar-refractivity contribution is 0.200. The topological polar surface area (TPSA) is 78.5 Å². The van der Waals surface area contributed by atoms with Crippen LogP contribution in [0.25, 0.3) is 0 Å². The summed E-state index contributed by atoms with van der Waals surface area (Å²) in [6, 6.07) is 13.4. The van der Waals surface area contributed by atoms with Crippen molar-refractivity contribution in [2.45, 2.75) is 37.5 Å². The third kappa shape index (κ3) is 4.80. The molecule has 0 radical (unpaired) electrons. The zero-order valence-corrected chi connectivity index (χ0v) is 16.3. The first kappa shape index (κ1) is 19.2. The average Bonchev–Trinajstić information content (AvgIpc) is 2.69. The molecule has 2 N–H and O–H groups in total. The van der Waals surface area contributed by atoms with Gasteiger partial charge in [0.25, 0.3) is 10.0 Å². The van der Waals surface area contributed by atoms with Gasteiger partial charge in [0, 0.05) is 18.8 Å². The van der Waals surface area contributed by atoms with Gasteiger partial charge in [-0.15, -0.1) is 0 Å². The molecule has 1 heterocycles. The number of benzene rings is 2. The highest BCUT2D eigenvalue weighted by atomic mass is 32.2. The molecule has 0 bridgehead atoms. The van der Waals surface area contributed by atoms with Gasteiger partial charge in [0.05, 0.1) is 10.6 Å². The van der Waals surface area contributed by atoms with Gasteiger partial charge in [0.2, 0.25) is 0 Å². The second-order valence-corrected chi connectivity index (χ2v) is 8.30. The van der Waals surface area contributed by atoms with Crippen LogP contribution in [0, 0.1) is 0 Å². The molecule has 0 aromatic heterocycles. The number of amides is 2. The Kier molecular flexibility index (Phi) is 6.01. The highest BCUT2D eigenvalue weighted by molar-refractivity contribution is 7.92. The van der Waals surface area contributed by atoms with Gasteiger partial charge in [-0.1, -0.05) is 25.1 Å². The molecule has 2 aromatic carbocycles. The maximum absolute atomic E-state index is 12.6. The zero-order chi connectivity index (χ0) is 19.3. The van der Waals surface area contributed by atoms with E-state index in [1.807, 2.05) is 19.1 Å². The van der Waals surface area contributed by atoms with Crippen LogP contribution < -0.4 is 10.0 Å². The van der Waals surface area contributed by atoms with Gasteiger partial charge in [-0.2, -0.15) is 0 Å². The smallest absolute Gasteiger partial charge is 0.321 e. The summed E-state index contributed by atoms with van der Waals surface area (Å²) in [5, 5.41) is 2.83. The Morgan fingerprint density at radius 2 is 1.67 bits per heavy atom. The Balaban J connectivity index is 1.69. The fraction of sp³-hybridized carbons (Fsp3) is 0.350. The molecule has 144 valence electrons. The van der Waals surface area contributed by atoms with Crippen molar-refractivity contribution >= 4 is 27.4 Å². The lowest BCUT2D eigenvalue weighted by atomic mass is 10.1. The predicted octanol–water partition coefficient (Wildman–Crippen LogP) is 4.07. The summed E-state index contributed by atoms with van der Waals surface area (Å²) in [4.78, 5) is 14.2. The normalized spacial score (nSPS) is 14.6. The van der Waals surface area contributed by atoms with E-state index in [9.17, 15) is 13.2 Å². The second-order valence-electron chi connectivity index (χ2n) is 6.62. The Morgan fingerprint density at radius 3 is 2.33 bits per heavy atom. The van der Waals surface area contributed by atoms with E-state index in [1.165, 1.54) is 12.1 Å². The number of aryl methyl sites for hydroxylation is 1. The highest BCUT2D eigenvalue weighted by Gasteiger charge is 2.18. The van der Waals surface area contributed by atoms with Crippen molar-refractivity contribution in [3.8, 4) is 0 Å². The third-order valence-corrected chi connectivity index (χ3v) is 6.08. The summed E-state index contributed by atoms with van der Waals surface area (Å²) >= 11 is 0. The van der Waals surface area contributed by atoms with Crippen LogP contribution in [0.15, 0.2) is 53.4 Å². The first-order valence-electron chi connectivity index (χ1n) is 9.26. The number of piperidine rings is 1. The van der Waals surface area contributed by atoms with E-state index < -0.39 is 10.0 Å². The van der Waals surface area contributed by atoms with Crippen LogP contribution in [0.5, 0.6) is 0 Å². The molecular formula is C20H25N3O3S. The number of urea groups is 1. The number of rotatable bonds is 5. The van der Waals surface area contributed by atoms with Gasteiger partial charge in [-0.3, -0.25) is 4.72 Å². The summed E-state index contributed by atoms with van der Waals surface area (Å²) in [5.74, 6) is 0. The van der Waals surface area contributed by atoms with E-state index in [0.29, 0.717) is 11.4 Å². The Bertz CT molecular complexity index is 889. The van der Waals surface area contributed by atoms with Crippen LogP contribution in [0.3, 0.4) is 0 Å². The van der Waals surface area contributed by atoms with Crippen molar-refractivity contribution in [3.63, 3.8) is 0 Å². The molecule has 7 heteroatoms. The molecule has 6 nitrogen and oxygen atoms in total. The van der Waals surface area contributed by atoms with Gasteiger partial charge in [-0.05, 0) is 61.6 Å². The number of likely N-dealkylation sites (tertiary alicyclic amines) is 1. The van der Waals surface area contributed by atoms with Crippen molar-refractivity contribution in [2.24, 2.45) is 0 Å². The number of hydrogen-bond acceptors (Lipinski definition) is 3. The number of para-hydroxylation sites is 1. The first-order chi connectivity index (χ1) is 13.0. The lowest BCUT2D eigenvalue weighted by Crippen LogP contribution is -2.38. The maximum atomic E-state index is 12.6. The molecule has 0 saturated carbocycles. The Hall–Kier alpha value is -2.54. The van der Waals surface area contributed by atoms with E-state index in [2.05, 4.69) is 10.0 Å². The van der Waals surface area contributed by atoms with Crippen molar-refractivity contribution in [1.82, 2.24) is 4.90 Å². The largest absolute Gasteiger partial charge is 0.325 e. The van der Waals surface area contributed by atoms with E-state index in [1.54, 1.807) is 29.2 Å². The number of hydrogen-bond donors (Lipinski definition) is 2. The third-order valence-electron chi connectivity index (χ3n) is 4.70. The minimum Gasteiger partial charge on any atom is -0.325 e. The number of anilines is 2. The minimum absolute atomic E-state index is 0.139. The van der Waals surface area contributed by atoms with E-state index in [4.69, 9.17) is 0 Å². The molecule has 3 rings (SSSR count). The highest BCUT2D eigenvalue weighted by Crippen LogP contribution is 2.22. The molecule has 1 saturated heterocycles. The van der Waals surface area contributed by atoms with Gasteiger partial charge in [0.15, 0.2) is 0 Å². The van der Waals surface area contributed by atoms with Gasteiger partial charge in [0.1, 0.15) is 0 Å². The minimum atomic E-state index is -3.68. The molecule has 2 aromatic rings. The second kappa shape index (κ2) is 8.43. The number of sulfonamides is 1. The van der Waals surface area contributed by atoms with Crippen LogP contribution in [0.2, 0.25) is 0 Å². The molecule has 0 unspecified atom stereocenters. The molecule has 27 heavy (non-hydrogen) atoms. The SMILES string of the molecule is CCc1ccccc1NS(=O)(=O)c1ccc(NC(=O)N2CCCCC2)cc1. The molecule has 1 aliphatic heterocycles. The standard InChI is InChI=1S/C20H25N3O3S/c1-2-16-8-4-5-9-19(16)22-27(25,26)18-12-10-17(11-13-18)21-20(24)23-14-6-3-7-15-23/h4-5,8-13,22H,2-3,6-7,14-15H2,1H3,(H,21,24). The molecule has 2 amide bonds. The maximum Gasteiger partial charge on any atom is 0.321 e. The van der Waals surface area contributed by atoms with Crippen LogP contribution in [-0.2, 0) is 16.4 Å². The van der Waals surface area contributed by atoms with Crippen molar-refractivity contribution in [3.05, 3.63) is 54.1 Å². The molecule has 0 aliphatic carbocycles. The monoisotopic (exact) mass is 387 g/mol. The van der Waals surface area contributed by atoms with Crippen LogP contribution in [-0.4, -0.2) is 32.4 Å². The zero-order valence-electron chi connectivity index (χ0n) is 15.4. The van der Waals surface area contributed by atoms with Crippen molar-refractivity contribution in [2.75, 3.05) is 23.1 Å². The van der Waals surface area contributed by atoms with Gasteiger partial charge in [-0.25, -0.2) is 13.2 Å². The number of carbonyl (C=O) groups is 1. The van der Waals surface area contributed by atoms with E-state index >= 15 is 0 Å². The fourth-order valence-corrected chi connectivity index (χ4v) is 4.25. The summed E-state index contributed by atoms with van der Waals surface area (Å²) in [6.45, 7) is 3.51.